The molecule has 0 aromatic rings. The minimum atomic E-state index is -3.39. The molecule has 0 bridgehead atoms. The Hall–Kier alpha value is -1.15. The molecule has 1 unspecified atom stereocenters. The second kappa shape index (κ2) is 6.74. The number of sulfonamides is 1. The Balaban J connectivity index is 4.69. The summed E-state index contributed by atoms with van der Waals surface area (Å²) in [6.45, 7) is 8.36. The van der Waals surface area contributed by atoms with Gasteiger partial charge in [0.05, 0.1) is 11.7 Å². The first-order chi connectivity index (χ1) is 9.19. The standard InChI is InChI=1S/C13H26N2O5S/c1-9(2)13(5,11(17)18)7-10(16)14-8-12(3,4)15-21(6,19)20/h9,15H,7-8H2,1-6H3,(H,14,16)(H,17,18). The van der Waals surface area contributed by atoms with Gasteiger partial charge in [-0.05, 0) is 26.7 Å². The van der Waals surface area contributed by atoms with E-state index in [-0.39, 0.29) is 18.9 Å². The maximum absolute atomic E-state index is 11.9. The number of nitrogens with one attached hydrogen (secondary N) is 2. The van der Waals surface area contributed by atoms with Gasteiger partial charge in [0.1, 0.15) is 0 Å². The van der Waals surface area contributed by atoms with Crippen molar-refractivity contribution in [3.8, 4) is 0 Å². The topological polar surface area (TPSA) is 113 Å². The Morgan fingerprint density at radius 2 is 1.67 bits per heavy atom. The molecule has 0 aliphatic rings. The first-order valence-electron chi connectivity index (χ1n) is 6.69. The summed E-state index contributed by atoms with van der Waals surface area (Å²) in [6.07, 6.45) is 0.881. The molecule has 0 fully saturated rings. The van der Waals surface area contributed by atoms with E-state index in [0.29, 0.717) is 0 Å². The van der Waals surface area contributed by atoms with Crippen molar-refractivity contribution in [2.75, 3.05) is 12.8 Å². The minimum absolute atomic E-state index is 0.0761. The molecule has 1 amide bonds. The SMILES string of the molecule is CC(C)C(C)(CC(=O)NCC(C)(C)NS(C)(=O)=O)C(=O)O. The number of carboxylic acids is 1. The van der Waals surface area contributed by atoms with Crippen molar-refractivity contribution >= 4 is 21.9 Å². The Kier molecular flexibility index (Phi) is 6.37. The van der Waals surface area contributed by atoms with Crippen molar-refractivity contribution in [2.45, 2.75) is 46.6 Å². The lowest BCUT2D eigenvalue weighted by atomic mass is 9.76. The summed E-state index contributed by atoms with van der Waals surface area (Å²) in [5, 5.41) is 11.8. The fraction of sp³-hybridized carbons (Fsp3) is 0.846. The first kappa shape index (κ1) is 19.9. The molecular formula is C13H26N2O5S. The van der Waals surface area contributed by atoms with E-state index in [2.05, 4.69) is 10.0 Å². The fourth-order valence-electron chi connectivity index (χ4n) is 1.78. The van der Waals surface area contributed by atoms with Gasteiger partial charge in [0.15, 0.2) is 0 Å². The van der Waals surface area contributed by atoms with Crippen LogP contribution in [0, 0.1) is 11.3 Å². The van der Waals surface area contributed by atoms with Crippen molar-refractivity contribution < 1.29 is 23.1 Å². The van der Waals surface area contributed by atoms with Gasteiger partial charge in [0.25, 0.3) is 0 Å². The highest BCUT2D eigenvalue weighted by atomic mass is 32.2. The number of carbonyl (C=O) groups is 2. The van der Waals surface area contributed by atoms with E-state index >= 15 is 0 Å². The average Bonchev–Trinajstić information content (AvgIpc) is 2.22. The van der Waals surface area contributed by atoms with E-state index in [1.807, 2.05) is 0 Å². The van der Waals surface area contributed by atoms with Gasteiger partial charge in [0.2, 0.25) is 15.9 Å². The molecule has 21 heavy (non-hydrogen) atoms. The van der Waals surface area contributed by atoms with E-state index in [1.54, 1.807) is 27.7 Å². The molecule has 0 heterocycles. The van der Waals surface area contributed by atoms with E-state index in [4.69, 9.17) is 0 Å². The average molecular weight is 322 g/mol. The van der Waals surface area contributed by atoms with E-state index in [0.717, 1.165) is 6.26 Å². The lowest BCUT2D eigenvalue weighted by molar-refractivity contribution is -0.153. The minimum Gasteiger partial charge on any atom is -0.481 e. The van der Waals surface area contributed by atoms with Crippen LogP contribution in [0.1, 0.15) is 41.0 Å². The molecule has 1 atom stereocenters. The molecule has 124 valence electrons. The van der Waals surface area contributed by atoms with Crippen LogP contribution in [0.25, 0.3) is 0 Å². The molecule has 0 spiro atoms. The van der Waals surface area contributed by atoms with Crippen LogP contribution in [0.15, 0.2) is 0 Å². The van der Waals surface area contributed by atoms with Gasteiger partial charge in [0, 0.05) is 18.5 Å². The number of hydrogen-bond donors (Lipinski definition) is 3. The summed E-state index contributed by atoms with van der Waals surface area (Å²) in [5.74, 6) is -1.65. The molecule has 0 aliphatic carbocycles. The van der Waals surface area contributed by atoms with Crippen molar-refractivity contribution in [3.05, 3.63) is 0 Å². The van der Waals surface area contributed by atoms with E-state index < -0.39 is 32.9 Å². The predicted molar refractivity (Wildman–Crippen MR) is 80.3 cm³/mol. The Labute approximate surface area is 126 Å². The molecule has 3 N–H and O–H groups in total. The molecular weight excluding hydrogens is 296 g/mol. The quantitative estimate of drug-likeness (QED) is 0.604. The number of carboxylic acid groups (broad SMARTS) is 1. The lowest BCUT2D eigenvalue weighted by Gasteiger charge is -2.30. The van der Waals surface area contributed by atoms with Crippen molar-refractivity contribution in [2.24, 2.45) is 11.3 Å². The van der Waals surface area contributed by atoms with Crippen LogP contribution < -0.4 is 10.0 Å². The molecule has 0 radical (unpaired) electrons. The molecule has 0 aromatic carbocycles. The summed E-state index contributed by atoms with van der Waals surface area (Å²) >= 11 is 0. The predicted octanol–water partition coefficient (Wildman–Crippen LogP) is 0.567. The molecule has 0 saturated carbocycles. The van der Waals surface area contributed by atoms with Crippen molar-refractivity contribution in [1.82, 2.24) is 10.0 Å². The van der Waals surface area contributed by atoms with Gasteiger partial charge >= 0.3 is 5.97 Å². The maximum Gasteiger partial charge on any atom is 0.310 e. The van der Waals surface area contributed by atoms with Crippen LogP contribution in [0.2, 0.25) is 0 Å². The van der Waals surface area contributed by atoms with Crippen molar-refractivity contribution in [3.63, 3.8) is 0 Å². The summed E-state index contributed by atoms with van der Waals surface area (Å²) < 4.78 is 24.8. The summed E-state index contributed by atoms with van der Waals surface area (Å²) in [7, 11) is -3.39. The van der Waals surface area contributed by atoms with E-state index in [1.165, 1.54) is 6.92 Å². The monoisotopic (exact) mass is 322 g/mol. The summed E-state index contributed by atoms with van der Waals surface area (Å²) in [5.41, 5.74) is -2.00. The molecule has 0 saturated heterocycles. The number of hydrogen-bond acceptors (Lipinski definition) is 4. The molecule has 0 rings (SSSR count). The van der Waals surface area contributed by atoms with E-state index in [9.17, 15) is 23.1 Å². The number of rotatable bonds is 8. The Morgan fingerprint density at radius 1 is 1.19 bits per heavy atom. The zero-order valence-electron chi connectivity index (χ0n) is 13.5. The smallest absolute Gasteiger partial charge is 0.310 e. The van der Waals surface area contributed by atoms with Gasteiger partial charge in [-0.15, -0.1) is 0 Å². The second-order valence-corrected chi connectivity index (χ2v) is 8.34. The molecule has 0 aromatic heterocycles. The number of aliphatic carboxylic acids is 1. The van der Waals surface area contributed by atoms with Crippen LogP contribution in [0.3, 0.4) is 0 Å². The highest BCUT2D eigenvalue weighted by Crippen LogP contribution is 2.31. The van der Waals surface area contributed by atoms with Crippen LogP contribution >= 0.6 is 0 Å². The highest BCUT2D eigenvalue weighted by molar-refractivity contribution is 7.88. The Bertz CT molecular complexity index is 499. The van der Waals surface area contributed by atoms with Gasteiger partial charge < -0.3 is 10.4 Å². The van der Waals surface area contributed by atoms with Crippen molar-refractivity contribution in [1.29, 1.82) is 0 Å². The van der Waals surface area contributed by atoms with Gasteiger partial charge in [-0.2, -0.15) is 0 Å². The fourth-order valence-corrected chi connectivity index (χ4v) is 2.86. The molecule has 8 heteroatoms. The van der Waals surface area contributed by atoms with Gasteiger partial charge in [-0.3, -0.25) is 9.59 Å². The third kappa shape index (κ3) is 6.90. The third-order valence-electron chi connectivity index (χ3n) is 3.48. The second-order valence-electron chi connectivity index (χ2n) is 6.59. The maximum atomic E-state index is 11.9. The summed E-state index contributed by atoms with van der Waals surface area (Å²) in [4.78, 5) is 23.2. The van der Waals surface area contributed by atoms with Crippen LogP contribution in [0.4, 0.5) is 0 Å². The lowest BCUT2D eigenvalue weighted by Crippen LogP contribution is -2.51. The molecule has 0 aliphatic heterocycles. The largest absolute Gasteiger partial charge is 0.481 e. The number of amides is 1. The zero-order chi connectivity index (χ0) is 17.1. The Morgan fingerprint density at radius 3 is 2.00 bits per heavy atom. The van der Waals surface area contributed by atoms with Gasteiger partial charge in [-0.25, -0.2) is 13.1 Å². The van der Waals surface area contributed by atoms with Crippen LogP contribution in [-0.4, -0.2) is 43.7 Å². The first-order valence-corrected chi connectivity index (χ1v) is 8.58. The van der Waals surface area contributed by atoms with Gasteiger partial charge in [-0.1, -0.05) is 13.8 Å². The molecule has 7 nitrogen and oxygen atoms in total. The van der Waals surface area contributed by atoms with Crippen LogP contribution in [-0.2, 0) is 19.6 Å². The highest BCUT2D eigenvalue weighted by Gasteiger charge is 2.39. The summed E-state index contributed by atoms with van der Waals surface area (Å²) in [6, 6.07) is 0. The third-order valence-corrected chi connectivity index (χ3v) is 4.40. The van der Waals surface area contributed by atoms with Crippen LogP contribution in [0.5, 0.6) is 0 Å². The zero-order valence-corrected chi connectivity index (χ0v) is 14.3. The number of carbonyl (C=O) groups excluding carboxylic acids is 1. The normalized spacial score (nSPS) is 15.6.